The van der Waals surface area contributed by atoms with Crippen molar-refractivity contribution in [2.45, 2.75) is 37.1 Å². The molecule has 2 N–H and O–H groups in total. The molecule has 2 saturated heterocycles. The smallest absolute Gasteiger partial charge is 0.289 e. The Bertz CT molecular complexity index is 1200. The quantitative estimate of drug-likeness (QED) is 0.640. The highest BCUT2D eigenvalue weighted by Gasteiger charge is 2.53. The van der Waals surface area contributed by atoms with Crippen LogP contribution in [0.25, 0.3) is 0 Å². The van der Waals surface area contributed by atoms with Crippen LogP contribution in [0.5, 0.6) is 0 Å². The van der Waals surface area contributed by atoms with Gasteiger partial charge < -0.3 is 24.7 Å². The molecule has 6 rings (SSSR count). The van der Waals surface area contributed by atoms with Gasteiger partial charge in [0.1, 0.15) is 11.4 Å². The lowest BCUT2D eigenvalue weighted by atomic mass is 9.84. The largest absolute Gasteiger partial charge is 0.454 e. The lowest BCUT2D eigenvalue weighted by Gasteiger charge is -2.40. The van der Waals surface area contributed by atoms with Crippen molar-refractivity contribution < 1.29 is 18.7 Å². The number of carbonyl (C=O) groups excluding carboxylic acids is 2. The summed E-state index contributed by atoms with van der Waals surface area (Å²) in [5.74, 6) is 0.842. The summed E-state index contributed by atoms with van der Waals surface area (Å²) in [6.45, 7) is 2.04. The number of benzene rings is 1. The zero-order valence-electron chi connectivity index (χ0n) is 18.1. The molecule has 0 bridgehead atoms. The van der Waals surface area contributed by atoms with E-state index in [0.29, 0.717) is 62.6 Å². The summed E-state index contributed by atoms with van der Waals surface area (Å²) in [5.41, 5.74) is 0.505. The molecule has 1 unspecified atom stereocenters. The van der Waals surface area contributed by atoms with E-state index >= 15 is 0 Å². The number of carbonyl (C=O) groups is 2. The first kappa shape index (κ1) is 20.0. The fourth-order valence-corrected chi connectivity index (χ4v) is 5.18. The van der Waals surface area contributed by atoms with Crippen LogP contribution in [0.2, 0.25) is 0 Å². The maximum Gasteiger partial charge on any atom is 0.289 e. The predicted molar refractivity (Wildman–Crippen MR) is 119 cm³/mol. The van der Waals surface area contributed by atoms with Crippen LogP contribution in [0.4, 0.5) is 5.69 Å². The van der Waals surface area contributed by atoms with E-state index in [1.165, 1.54) is 0 Å². The second-order valence-corrected chi connectivity index (χ2v) is 9.12. The topological polar surface area (TPSA) is 102 Å². The SMILES string of the molecule is O=C1NC2(COC3(CCN(C(=O)c4ccc(Cn5cccn5)o4)CC3)C2)Nc2ccccc21. The minimum absolute atomic E-state index is 0.0821. The number of rotatable bonds is 3. The van der Waals surface area contributed by atoms with E-state index in [1.54, 1.807) is 16.9 Å². The van der Waals surface area contributed by atoms with Crippen LogP contribution in [-0.4, -0.2) is 57.5 Å². The molecule has 2 spiro atoms. The molecule has 3 aromatic rings. The van der Waals surface area contributed by atoms with E-state index in [9.17, 15) is 9.59 Å². The number of aromatic nitrogens is 2. The lowest BCUT2D eigenvalue weighted by molar-refractivity contribution is -0.0397. The number of amides is 2. The van der Waals surface area contributed by atoms with E-state index in [-0.39, 0.29) is 17.4 Å². The number of nitrogens with one attached hydrogen (secondary N) is 2. The number of hydrogen-bond acceptors (Lipinski definition) is 6. The van der Waals surface area contributed by atoms with Gasteiger partial charge in [-0.05, 0) is 43.2 Å². The van der Waals surface area contributed by atoms with Gasteiger partial charge in [0.15, 0.2) is 5.76 Å². The summed E-state index contributed by atoms with van der Waals surface area (Å²) in [6, 6.07) is 12.9. The Hall–Kier alpha value is -3.59. The Morgan fingerprint density at radius 3 is 2.76 bits per heavy atom. The molecular formula is C24H25N5O4. The molecule has 3 aliphatic rings. The van der Waals surface area contributed by atoms with Crippen molar-refractivity contribution >= 4 is 17.5 Å². The van der Waals surface area contributed by atoms with Gasteiger partial charge in [-0.25, -0.2) is 0 Å². The number of likely N-dealkylation sites (tertiary alicyclic amines) is 1. The first-order valence-corrected chi connectivity index (χ1v) is 11.2. The molecule has 9 heteroatoms. The molecule has 5 heterocycles. The van der Waals surface area contributed by atoms with Gasteiger partial charge >= 0.3 is 0 Å². The Morgan fingerprint density at radius 2 is 1.94 bits per heavy atom. The van der Waals surface area contributed by atoms with Crippen molar-refractivity contribution in [3.8, 4) is 0 Å². The third-order valence-electron chi connectivity index (χ3n) is 6.86. The van der Waals surface area contributed by atoms with Gasteiger partial charge in [0.05, 0.1) is 24.3 Å². The van der Waals surface area contributed by atoms with Crippen LogP contribution in [0, 0.1) is 0 Å². The molecule has 0 radical (unpaired) electrons. The molecule has 2 aromatic heterocycles. The average molecular weight is 447 g/mol. The highest BCUT2D eigenvalue weighted by molar-refractivity contribution is 6.02. The highest BCUT2D eigenvalue weighted by Crippen LogP contribution is 2.43. The Balaban J connectivity index is 1.10. The molecule has 170 valence electrons. The Labute approximate surface area is 190 Å². The van der Waals surface area contributed by atoms with E-state index in [2.05, 4.69) is 15.7 Å². The van der Waals surface area contributed by atoms with Crippen LogP contribution in [0.1, 0.15) is 45.9 Å². The summed E-state index contributed by atoms with van der Waals surface area (Å²) < 4.78 is 13.8. The molecule has 0 aliphatic carbocycles. The van der Waals surface area contributed by atoms with Crippen LogP contribution in [0.3, 0.4) is 0 Å². The molecular weight excluding hydrogens is 422 g/mol. The zero-order chi connectivity index (χ0) is 22.5. The number of piperidine rings is 1. The average Bonchev–Trinajstić information content (AvgIpc) is 3.57. The lowest BCUT2D eigenvalue weighted by Crippen LogP contribution is -2.59. The number of anilines is 1. The van der Waals surface area contributed by atoms with Crippen molar-refractivity contribution in [3.05, 3.63) is 71.9 Å². The monoisotopic (exact) mass is 447 g/mol. The minimum Gasteiger partial charge on any atom is -0.454 e. The third-order valence-corrected chi connectivity index (χ3v) is 6.86. The van der Waals surface area contributed by atoms with Crippen LogP contribution >= 0.6 is 0 Å². The fraction of sp³-hybridized carbons (Fsp3) is 0.375. The van der Waals surface area contributed by atoms with Crippen molar-refractivity contribution in [2.24, 2.45) is 0 Å². The number of hydrogen-bond donors (Lipinski definition) is 2. The van der Waals surface area contributed by atoms with Gasteiger partial charge in [-0.3, -0.25) is 14.3 Å². The predicted octanol–water partition coefficient (Wildman–Crippen LogP) is 2.47. The Kier molecular flexibility index (Phi) is 4.55. The first-order valence-electron chi connectivity index (χ1n) is 11.2. The van der Waals surface area contributed by atoms with Crippen molar-refractivity contribution in [2.75, 3.05) is 25.0 Å². The van der Waals surface area contributed by atoms with Crippen LogP contribution < -0.4 is 10.6 Å². The number of ether oxygens (including phenoxy) is 1. The number of nitrogens with zero attached hydrogens (tertiary/aromatic N) is 3. The molecule has 3 aliphatic heterocycles. The molecule has 0 saturated carbocycles. The van der Waals surface area contributed by atoms with Gasteiger partial charge in [-0.2, -0.15) is 5.10 Å². The normalized spacial score (nSPS) is 23.4. The second-order valence-electron chi connectivity index (χ2n) is 9.12. The summed E-state index contributed by atoms with van der Waals surface area (Å²) in [5, 5.41) is 10.8. The summed E-state index contributed by atoms with van der Waals surface area (Å²) >= 11 is 0. The van der Waals surface area contributed by atoms with E-state index in [4.69, 9.17) is 9.15 Å². The second kappa shape index (κ2) is 7.48. The number of furan rings is 1. The van der Waals surface area contributed by atoms with Gasteiger partial charge in [-0.15, -0.1) is 0 Å². The number of para-hydroxylation sites is 1. The molecule has 33 heavy (non-hydrogen) atoms. The van der Waals surface area contributed by atoms with Gasteiger partial charge in [0.25, 0.3) is 11.8 Å². The van der Waals surface area contributed by atoms with E-state index in [1.807, 2.05) is 47.5 Å². The van der Waals surface area contributed by atoms with Crippen LogP contribution in [0.15, 0.2) is 59.3 Å². The molecule has 2 fully saturated rings. The maximum atomic E-state index is 13.0. The van der Waals surface area contributed by atoms with Crippen LogP contribution in [-0.2, 0) is 11.3 Å². The maximum absolute atomic E-state index is 13.0. The van der Waals surface area contributed by atoms with Gasteiger partial charge in [0, 0.05) is 37.6 Å². The highest BCUT2D eigenvalue weighted by atomic mass is 16.5. The standard InChI is InChI=1S/C24H25N5O4/c30-21-18-4-1-2-5-19(18)26-24(27-21)15-23(32-16-24)8-12-28(13-9-23)22(31)20-7-6-17(33-20)14-29-11-3-10-25-29/h1-7,10-11,26H,8-9,12-16H2,(H,27,30). The summed E-state index contributed by atoms with van der Waals surface area (Å²) in [6.07, 6.45) is 5.64. The van der Waals surface area contributed by atoms with Crippen molar-refractivity contribution in [1.29, 1.82) is 0 Å². The zero-order valence-corrected chi connectivity index (χ0v) is 18.1. The Morgan fingerprint density at radius 1 is 1.09 bits per heavy atom. The van der Waals surface area contributed by atoms with Crippen molar-refractivity contribution in [1.82, 2.24) is 20.0 Å². The summed E-state index contributed by atoms with van der Waals surface area (Å²) in [4.78, 5) is 27.5. The fourth-order valence-electron chi connectivity index (χ4n) is 5.18. The molecule has 2 amide bonds. The first-order chi connectivity index (χ1) is 16.0. The third kappa shape index (κ3) is 3.58. The molecule has 1 atom stereocenters. The molecule has 1 aromatic carbocycles. The van der Waals surface area contributed by atoms with Gasteiger partial charge in [-0.1, -0.05) is 12.1 Å². The summed E-state index contributed by atoms with van der Waals surface area (Å²) in [7, 11) is 0. The van der Waals surface area contributed by atoms with E-state index < -0.39 is 5.66 Å². The number of fused-ring (bicyclic) bond motifs is 1. The van der Waals surface area contributed by atoms with Crippen molar-refractivity contribution in [3.63, 3.8) is 0 Å². The van der Waals surface area contributed by atoms with E-state index in [0.717, 1.165) is 5.69 Å². The molecule has 9 nitrogen and oxygen atoms in total. The van der Waals surface area contributed by atoms with Gasteiger partial charge in [0.2, 0.25) is 0 Å². The minimum atomic E-state index is -0.611.